The van der Waals surface area contributed by atoms with E-state index in [1.807, 2.05) is 12.1 Å². The molecule has 90 valence electrons. The summed E-state index contributed by atoms with van der Waals surface area (Å²) in [6.07, 6.45) is 7.27. The maximum Gasteiger partial charge on any atom is 0.232 e. The first-order chi connectivity index (χ1) is 8.30. The molecule has 1 aliphatic carbocycles. The topological polar surface area (TPSA) is 54.0 Å². The number of fused-ring (bicyclic) bond motifs is 1. The SMILES string of the molecule is O=C1Nc2cccnc2NCC12CCCCC2. The van der Waals surface area contributed by atoms with Crippen molar-refractivity contribution in [2.24, 2.45) is 5.41 Å². The van der Waals surface area contributed by atoms with Crippen LogP contribution in [-0.2, 0) is 4.79 Å². The minimum atomic E-state index is -0.223. The van der Waals surface area contributed by atoms with E-state index in [4.69, 9.17) is 0 Å². The van der Waals surface area contributed by atoms with Gasteiger partial charge in [0.25, 0.3) is 0 Å². The second kappa shape index (κ2) is 4.02. The van der Waals surface area contributed by atoms with Crippen molar-refractivity contribution >= 4 is 17.4 Å². The summed E-state index contributed by atoms with van der Waals surface area (Å²) in [7, 11) is 0. The zero-order valence-corrected chi connectivity index (χ0v) is 9.83. The molecule has 0 radical (unpaired) electrons. The number of carbonyl (C=O) groups is 1. The van der Waals surface area contributed by atoms with E-state index >= 15 is 0 Å². The molecule has 1 aromatic heterocycles. The Balaban J connectivity index is 1.91. The number of pyridine rings is 1. The first-order valence-electron chi connectivity index (χ1n) is 6.31. The normalized spacial score (nSPS) is 22.2. The van der Waals surface area contributed by atoms with Crippen LogP contribution in [0, 0.1) is 5.41 Å². The van der Waals surface area contributed by atoms with Crippen molar-refractivity contribution in [1.82, 2.24) is 4.98 Å². The Morgan fingerprint density at radius 3 is 2.88 bits per heavy atom. The van der Waals surface area contributed by atoms with Crippen LogP contribution in [0.4, 0.5) is 11.5 Å². The molecule has 1 aromatic rings. The van der Waals surface area contributed by atoms with Gasteiger partial charge in [-0.15, -0.1) is 0 Å². The molecule has 1 amide bonds. The lowest BCUT2D eigenvalue weighted by Gasteiger charge is -2.34. The van der Waals surface area contributed by atoms with Crippen LogP contribution in [0.15, 0.2) is 18.3 Å². The summed E-state index contributed by atoms with van der Waals surface area (Å²) >= 11 is 0. The number of rotatable bonds is 0. The average molecular weight is 231 g/mol. The quantitative estimate of drug-likeness (QED) is 0.721. The summed E-state index contributed by atoms with van der Waals surface area (Å²) in [6, 6.07) is 3.74. The maximum absolute atomic E-state index is 12.4. The molecule has 1 fully saturated rings. The Morgan fingerprint density at radius 1 is 1.24 bits per heavy atom. The lowest BCUT2D eigenvalue weighted by atomic mass is 9.73. The van der Waals surface area contributed by atoms with Gasteiger partial charge in [-0.25, -0.2) is 4.98 Å². The van der Waals surface area contributed by atoms with Gasteiger partial charge in [-0.3, -0.25) is 4.79 Å². The fourth-order valence-electron chi connectivity index (χ4n) is 2.87. The number of nitrogens with zero attached hydrogens (tertiary/aromatic N) is 1. The van der Waals surface area contributed by atoms with E-state index in [1.54, 1.807) is 6.20 Å². The Hall–Kier alpha value is -1.58. The van der Waals surface area contributed by atoms with Gasteiger partial charge >= 0.3 is 0 Å². The molecule has 0 aromatic carbocycles. The van der Waals surface area contributed by atoms with Gasteiger partial charge in [-0.2, -0.15) is 0 Å². The molecule has 2 aliphatic rings. The fourth-order valence-corrected chi connectivity index (χ4v) is 2.87. The van der Waals surface area contributed by atoms with Crippen molar-refractivity contribution in [1.29, 1.82) is 0 Å². The van der Waals surface area contributed by atoms with Gasteiger partial charge in [-0.1, -0.05) is 19.3 Å². The summed E-state index contributed by atoms with van der Waals surface area (Å²) in [6.45, 7) is 0.711. The third kappa shape index (κ3) is 1.77. The van der Waals surface area contributed by atoms with E-state index in [9.17, 15) is 4.79 Å². The van der Waals surface area contributed by atoms with Crippen molar-refractivity contribution < 1.29 is 4.79 Å². The van der Waals surface area contributed by atoms with Gasteiger partial charge in [0, 0.05) is 12.7 Å². The highest BCUT2D eigenvalue weighted by Crippen LogP contribution is 2.39. The molecule has 4 heteroatoms. The second-order valence-electron chi connectivity index (χ2n) is 5.05. The number of nitrogens with one attached hydrogen (secondary N) is 2. The van der Waals surface area contributed by atoms with Crippen molar-refractivity contribution in [3.05, 3.63) is 18.3 Å². The number of amides is 1. The Labute approximate surface area is 101 Å². The average Bonchev–Trinajstić information content (AvgIpc) is 2.50. The van der Waals surface area contributed by atoms with Crippen molar-refractivity contribution in [3.63, 3.8) is 0 Å². The van der Waals surface area contributed by atoms with Crippen LogP contribution in [0.2, 0.25) is 0 Å². The number of hydrogen-bond donors (Lipinski definition) is 2. The molecule has 1 saturated carbocycles. The van der Waals surface area contributed by atoms with Crippen molar-refractivity contribution in [2.45, 2.75) is 32.1 Å². The van der Waals surface area contributed by atoms with Crippen LogP contribution in [0.3, 0.4) is 0 Å². The summed E-state index contributed by atoms with van der Waals surface area (Å²) < 4.78 is 0. The first kappa shape index (κ1) is 10.6. The predicted octanol–water partition coefficient (Wildman–Crippen LogP) is 2.40. The van der Waals surface area contributed by atoms with E-state index < -0.39 is 0 Å². The van der Waals surface area contributed by atoms with Crippen LogP contribution < -0.4 is 10.6 Å². The Morgan fingerprint density at radius 2 is 2.06 bits per heavy atom. The van der Waals surface area contributed by atoms with Gasteiger partial charge in [-0.05, 0) is 25.0 Å². The van der Waals surface area contributed by atoms with Gasteiger partial charge in [0.2, 0.25) is 5.91 Å². The summed E-state index contributed by atoms with van der Waals surface area (Å²) in [5.74, 6) is 0.958. The zero-order chi connectivity index (χ0) is 11.7. The standard InChI is InChI=1S/C13H17N3O/c17-12-13(6-2-1-3-7-13)9-15-11-10(16-12)5-4-8-14-11/h4-5,8H,1-3,6-7,9H2,(H,14,15)(H,16,17). The minimum absolute atomic E-state index is 0.163. The summed E-state index contributed by atoms with van der Waals surface area (Å²) in [4.78, 5) is 16.6. The molecule has 0 bridgehead atoms. The predicted molar refractivity (Wildman–Crippen MR) is 66.9 cm³/mol. The van der Waals surface area contributed by atoms with Gasteiger partial charge in [0.1, 0.15) is 5.82 Å². The third-order valence-corrected chi connectivity index (χ3v) is 3.94. The number of hydrogen-bond acceptors (Lipinski definition) is 3. The van der Waals surface area contributed by atoms with Gasteiger partial charge < -0.3 is 10.6 Å². The molecule has 0 unspecified atom stereocenters. The lowest BCUT2D eigenvalue weighted by Crippen LogP contribution is -2.41. The Kier molecular flexibility index (Phi) is 2.50. The monoisotopic (exact) mass is 231 g/mol. The van der Waals surface area contributed by atoms with Crippen molar-refractivity contribution in [2.75, 3.05) is 17.2 Å². The van der Waals surface area contributed by atoms with E-state index in [-0.39, 0.29) is 11.3 Å². The van der Waals surface area contributed by atoms with E-state index in [2.05, 4.69) is 15.6 Å². The van der Waals surface area contributed by atoms with Crippen LogP contribution >= 0.6 is 0 Å². The molecule has 1 aliphatic heterocycles. The Bertz CT molecular complexity index is 438. The molecule has 0 saturated heterocycles. The minimum Gasteiger partial charge on any atom is -0.367 e. The van der Waals surface area contributed by atoms with E-state index in [1.165, 1.54) is 6.42 Å². The molecule has 3 rings (SSSR count). The second-order valence-corrected chi connectivity index (χ2v) is 5.05. The first-order valence-corrected chi connectivity index (χ1v) is 6.31. The van der Waals surface area contributed by atoms with Crippen LogP contribution in [0.25, 0.3) is 0 Å². The fraction of sp³-hybridized carbons (Fsp3) is 0.538. The number of aromatic nitrogens is 1. The largest absolute Gasteiger partial charge is 0.367 e. The highest BCUT2D eigenvalue weighted by Gasteiger charge is 2.41. The van der Waals surface area contributed by atoms with E-state index in [0.717, 1.165) is 37.2 Å². The molecule has 4 nitrogen and oxygen atoms in total. The maximum atomic E-state index is 12.4. The number of anilines is 2. The lowest BCUT2D eigenvalue weighted by molar-refractivity contribution is -0.126. The smallest absolute Gasteiger partial charge is 0.232 e. The molecule has 0 atom stereocenters. The molecular formula is C13H17N3O. The highest BCUT2D eigenvalue weighted by atomic mass is 16.2. The van der Waals surface area contributed by atoms with Crippen LogP contribution in [0.5, 0.6) is 0 Å². The van der Waals surface area contributed by atoms with Gasteiger partial charge in [0.15, 0.2) is 0 Å². The van der Waals surface area contributed by atoms with Gasteiger partial charge in [0.05, 0.1) is 11.1 Å². The summed E-state index contributed by atoms with van der Waals surface area (Å²) in [5.41, 5.74) is 0.582. The molecule has 2 heterocycles. The zero-order valence-electron chi connectivity index (χ0n) is 9.83. The van der Waals surface area contributed by atoms with Crippen LogP contribution in [-0.4, -0.2) is 17.4 Å². The number of carbonyl (C=O) groups excluding carboxylic acids is 1. The van der Waals surface area contributed by atoms with Crippen molar-refractivity contribution in [3.8, 4) is 0 Å². The van der Waals surface area contributed by atoms with Crippen LogP contribution in [0.1, 0.15) is 32.1 Å². The highest BCUT2D eigenvalue weighted by molar-refractivity contribution is 5.99. The summed E-state index contributed by atoms with van der Waals surface area (Å²) in [5, 5.41) is 6.34. The molecule has 17 heavy (non-hydrogen) atoms. The molecule has 2 N–H and O–H groups in total. The van der Waals surface area contributed by atoms with E-state index in [0.29, 0.717) is 6.54 Å². The molecular weight excluding hydrogens is 214 g/mol. The molecule has 1 spiro atoms. The third-order valence-electron chi connectivity index (χ3n) is 3.94.